The second-order valence-electron chi connectivity index (χ2n) is 1.41. The third-order valence-electron chi connectivity index (χ3n) is 0.903. The van der Waals surface area contributed by atoms with Crippen LogP contribution in [0.5, 0.6) is 0 Å². The zero-order valence-electron chi connectivity index (χ0n) is 3.55. The summed E-state index contributed by atoms with van der Waals surface area (Å²) in [5.74, 6) is 0. The maximum Gasteiger partial charge on any atom is 0.124 e. The summed E-state index contributed by atoms with van der Waals surface area (Å²) in [6.07, 6.45) is 3.28. The average Bonchev–Trinajstić information content (AvgIpc) is 2.41. The van der Waals surface area contributed by atoms with Gasteiger partial charge in [-0.05, 0) is 0 Å². The Labute approximate surface area is 39.9 Å². The van der Waals surface area contributed by atoms with Gasteiger partial charge in [0.1, 0.15) is 11.7 Å². The van der Waals surface area contributed by atoms with Gasteiger partial charge in [-0.25, -0.2) is 9.97 Å². The van der Waals surface area contributed by atoms with Crippen LogP contribution in [0.3, 0.4) is 0 Å². The third-order valence-corrected chi connectivity index (χ3v) is 0.903. The molecule has 1 heterocycles. The molecule has 1 aromatic heterocycles. The molecule has 0 amide bonds. The molecule has 2 heteroatoms. The Bertz CT molecular complexity index is 280. The maximum absolute atomic E-state index is 3.85. The van der Waals surface area contributed by atoms with Crippen molar-refractivity contribution < 1.29 is 0 Å². The second-order valence-corrected chi connectivity index (χ2v) is 1.41. The number of rotatable bonds is 0. The van der Waals surface area contributed by atoms with Crippen LogP contribution in [0.25, 0.3) is 5.73 Å². The molecule has 0 aliphatic heterocycles. The van der Waals surface area contributed by atoms with Crippen molar-refractivity contribution in [2.75, 3.05) is 0 Å². The van der Waals surface area contributed by atoms with Crippen LogP contribution in [0.4, 0.5) is 0 Å². The van der Waals surface area contributed by atoms with Crippen molar-refractivity contribution in [3.8, 4) is 0 Å². The minimum Gasteiger partial charge on any atom is -0.243 e. The lowest BCUT2D eigenvalue weighted by molar-refractivity contribution is 1.13. The van der Waals surface area contributed by atoms with Gasteiger partial charge in [-0.3, -0.25) is 0 Å². The molecule has 0 aromatic carbocycles. The van der Waals surface area contributed by atoms with Gasteiger partial charge in [-0.1, -0.05) is 5.73 Å². The third kappa shape index (κ3) is 0.283. The van der Waals surface area contributed by atoms with Crippen LogP contribution in [-0.4, -0.2) is 9.97 Å². The molecule has 2 rings (SSSR count). The molecule has 0 fully saturated rings. The average molecular weight is 90.1 g/mol. The molecular formula is C5H2N2. The maximum atomic E-state index is 3.85. The summed E-state index contributed by atoms with van der Waals surface area (Å²) in [4.78, 5) is 7.61. The van der Waals surface area contributed by atoms with E-state index in [0.29, 0.717) is 0 Å². The molecule has 0 atom stereocenters. The normalized spacial score (nSPS) is 10.9. The second kappa shape index (κ2) is 0.745. The van der Waals surface area contributed by atoms with E-state index < -0.39 is 0 Å². The molecule has 0 radical (unpaired) electrons. The monoisotopic (exact) mass is 90.0 g/mol. The fraction of sp³-hybridized carbons (Fsp3) is 0. The molecule has 32 valence electrons. The molecule has 0 unspecified atom stereocenters. The van der Waals surface area contributed by atoms with E-state index in [4.69, 9.17) is 0 Å². The first-order valence-electron chi connectivity index (χ1n) is 2.04. The van der Waals surface area contributed by atoms with E-state index in [9.17, 15) is 0 Å². The van der Waals surface area contributed by atoms with Gasteiger partial charge in [-0.2, -0.15) is 0 Å². The highest BCUT2D eigenvalue weighted by atomic mass is 14.8. The molecule has 1 aromatic rings. The van der Waals surface area contributed by atoms with Crippen molar-refractivity contribution in [1.29, 1.82) is 0 Å². The first-order valence-corrected chi connectivity index (χ1v) is 2.04. The molecule has 7 heavy (non-hydrogen) atoms. The van der Waals surface area contributed by atoms with Gasteiger partial charge in [0.15, 0.2) is 0 Å². The highest BCUT2D eigenvalue weighted by molar-refractivity contribution is 5.30. The molecular weight excluding hydrogens is 88.1 g/mol. The summed E-state index contributed by atoms with van der Waals surface area (Å²) in [5, 5.41) is 2.03. The van der Waals surface area contributed by atoms with E-state index in [2.05, 4.69) is 15.7 Å². The topological polar surface area (TPSA) is 25.8 Å². The van der Waals surface area contributed by atoms with E-state index in [1.807, 2.05) is 0 Å². The first-order chi connectivity index (χ1) is 3.47. The van der Waals surface area contributed by atoms with Crippen molar-refractivity contribution in [3.63, 3.8) is 0 Å². The van der Waals surface area contributed by atoms with Crippen molar-refractivity contribution in [2.24, 2.45) is 0 Å². The van der Waals surface area contributed by atoms with Crippen LogP contribution in [0.1, 0.15) is 0 Å². The van der Waals surface area contributed by atoms with Crippen LogP contribution >= 0.6 is 0 Å². The predicted molar refractivity (Wildman–Crippen MR) is 23.8 cm³/mol. The summed E-state index contributed by atoms with van der Waals surface area (Å²) < 4.78 is 0. The van der Waals surface area contributed by atoms with Crippen LogP contribution in [-0.2, 0) is 0 Å². The Morgan fingerprint density at radius 2 is 2.57 bits per heavy atom. The molecule has 1 aliphatic rings. The van der Waals surface area contributed by atoms with E-state index >= 15 is 0 Å². The van der Waals surface area contributed by atoms with E-state index in [1.54, 1.807) is 6.20 Å². The molecule has 1 aliphatic carbocycles. The van der Waals surface area contributed by atoms with Crippen LogP contribution in [0.15, 0.2) is 12.5 Å². The Kier molecular flexibility index (Phi) is 0.313. The molecule has 0 saturated carbocycles. The van der Waals surface area contributed by atoms with Gasteiger partial charge in [0, 0.05) is 6.20 Å². The number of nitrogens with zero attached hydrogens (tertiary/aromatic N) is 2. The summed E-state index contributed by atoms with van der Waals surface area (Å²) >= 11 is 0. The molecule has 0 spiro atoms. The highest BCUT2D eigenvalue weighted by Crippen LogP contribution is 1.58. The van der Waals surface area contributed by atoms with E-state index in [-0.39, 0.29) is 0 Å². The summed E-state index contributed by atoms with van der Waals surface area (Å²) in [6.45, 7) is 0. The Morgan fingerprint density at radius 1 is 1.57 bits per heavy atom. The van der Waals surface area contributed by atoms with Gasteiger partial charge in [0.25, 0.3) is 0 Å². The first kappa shape index (κ1) is 2.94. The molecule has 2 nitrogen and oxygen atoms in total. The van der Waals surface area contributed by atoms with Gasteiger partial charge in [-0.15, -0.1) is 0 Å². The fourth-order valence-electron chi connectivity index (χ4n) is 0.490. The van der Waals surface area contributed by atoms with Gasteiger partial charge in [0.05, 0.1) is 5.22 Å². The fourth-order valence-corrected chi connectivity index (χ4v) is 0.490. The number of aromatic nitrogens is 2. The predicted octanol–water partition coefficient (Wildman–Crippen LogP) is -1.46. The highest BCUT2D eigenvalue weighted by Gasteiger charge is 1.90. The smallest absolute Gasteiger partial charge is 0.124 e. The van der Waals surface area contributed by atoms with Crippen molar-refractivity contribution in [1.82, 2.24) is 9.97 Å². The lowest BCUT2D eigenvalue weighted by Gasteiger charge is -1.66. The summed E-state index contributed by atoms with van der Waals surface area (Å²) in [5.41, 5.74) is 2.92. The Balaban J connectivity index is 3.03. The number of hydrogen-bond acceptors (Lipinski definition) is 2. The SMILES string of the molecule is C1=c2cncnc2=1. The Morgan fingerprint density at radius 3 is 3.14 bits per heavy atom. The van der Waals surface area contributed by atoms with Gasteiger partial charge in [0.2, 0.25) is 0 Å². The molecule has 0 bridgehead atoms. The summed E-state index contributed by atoms with van der Waals surface area (Å²) in [7, 11) is 0. The number of fused-ring (bicyclic) bond motifs is 1. The molecule has 0 saturated heterocycles. The zero-order valence-corrected chi connectivity index (χ0v) is 3.55. The largest absolute Gasteiger partial charge is 0.243 e. The quantitative estimate of drug-likeness (QED) is 0.395. The lowest BCUT2D eigenvalue weighted by atomic mass is 10.7. The van der Waals surface area contributed by atoms with E-state index in [1.165, 1.54) is 6.33 Å². The minimum absolute atomic E-state index is 0.968. The van der Waals surface area contributed by atoms with Gasteiger partial charge < -0.3 is 0 Å². The van der Waals surface area contributed by atoms with Crippen molar-refractivity contribution in [2.45, 2.75) is 0 Å². The zero-order chi connectivity index (χ0) is 4.69. The van der Waals surface area contributed by atoms with Crippen LogP contribution in [0, 0.1) is 0 Å². The standard InChI is InChI=1S/C5H2N2/c1-4-2-6-3-7-5(1)4/h2-3H. The van der Waals surface area contributed by atoms with Crippen LogP contribution < -0.4 is 10.6 Å². The van der Waals surface area contributed by atoms with E-state index in [0.717, 1.165) is 10.6 Å². The van der Waals surface area contributed by atoms with Crippen molar-refractivity contribution in [3.05, 3.63) is 23.1 Å². The lowest BCUT2D eigenvalue weighted by Crippen LogP contribution is -2.10. The van der Waals surface area contributed by atoms with Crippen LogP contribution in [0.2, 0.25) is 0 Å². The molecule has 0 N–H and O–H groups in total. The minimum atomic E-state index is 0.968. The summed E-state index contributed by atoms with van der Waals surface area (Å²) in [6, 6.07) is 0. The van der Waals surface area contributed by atoms with Gasteiger partial charge >= 0.3 is 0 Å². The number of hydrogen-bond donors (Lipinski definition) is 0. The Hall–Kier alpha value is -1.14. The van der Waals surface area contributed by atoms with Crippen molar-refractivity contribution >= 4 is 5.73 Å².